The molecule has 3 nitrogen and oxygen atoms in total. The monoisotopic (exact) mass is 267 g/mol. The summed E-state index contributed by atoms with van der Waals surface area (Å²) >= 11 is 1.92. The number of aromatic nitrogens is 2. The third-order valence-electron chi connectivity index (χ3n) is 3.88. The Morgan fingerprint density at radius 2 is 2.39 bits per heavy atom. The van der Waals surface area contributed by atoms with Crippen LogP contribution in [0, 0.1) is 0 Å². The number of nitrogens with one attached hydrogen (secondary N) is 1. The smallest absolute Gasteiger partial charge is 0.0951 e. The number of nitrogens with zero attached hydrogens (tertiary/aromatic N) is 2. The Morgan fingerprint density at radius 1 is 1.56 bits per heavy atom. The van der Waals surface area contributed by atoms with Crippen LogP contribution in [0.15, 0.2) is 12.5 Å². The fourth-order valence-electron chi connectivity index (χ4n) is 2.75. The van der Waals surface area contributed by atoms with Crippen LogP contribution in [-0.4, -0.2) is 27.6 Å². The van der Waals surface area contributed by atoms with E-state index in [2.05, 4.69) is 35.0 Å². The predicted molar refractivity (Wildman–Crippen MR) is 79.1 cm³/mol. The number of hydrogen-bond donors (Lipinski definition) is 1. The summed E-state index contributed by atoms with van der Waals surface area (Å²) in [6.07, 6.45) is 11.3. The Balaban J connectivity index is 2.06. The maximum absolute atomic E-state index is 4.37. The molecule has 18 heavy (non-hydrogen) atoms. The Hall–Kier alpha value is -0.480. The second-order valence-corrected chi connectivity index (χ2v) is 6.39. The molecule has 0 aromatic carbocycles. The highest BCUT2D eigenvalue weighted by Gasteiger charge is 2.23. The lowest BCUT2D eigenvalue weighted by atomic mass is 9.97. The molecule has 2 heterocycles. The van der Waals surface area contributed by atoms with Gasteiger partial charge < -0.3 is 9.88 Å². The van der Waals surface area contributed by atoms with Gasteiger partial charge in [-0.3, -0.25) is 0 Å². The van der Waals surface area contributed by atoms with Crippen LogP contribution in [0.5, 0.6) is 0 Å². The quantitative estimate of drug-likeness (QED) is 0.887. The van der Waals surface area contributed by atoms with Crippen LogP contribution < -0.4 is 5.32 Å². The summed E-state index contributed by atoms with van der Waals surface area (Å²) in [5.41, 5.74) is 1.37. The summed E-state index contributed by atoms with van der Waals surface area (Å²) in [4.78, 5) is 4.37. The molecule has 1 aliphatic rings. The molecule has 1 N–H and O–H groups in total. The summed E-state index contributed by atoms with van der Waals surface area (Å²) in [6, 6.07) is 1.68. The molecule has 1 aliphatic heterocycles. The normalized spacial score (nSPS) is 26.2. The van der Waals surface area contributed by atoms with E-state index < -0.39 is 0 Å². The van der Waals surface area contributed by atoms with Crippen molar-refractivity contribution in [3.05, 3.63) is 18.2 Å². The standard InChI is InChI=1S/C14H25N3S/c1-11-5-4-6-13(16-11)14-9-15-10-17(14)12(2)7-8-18-3/h9-13,16H,4-8H2,1-3H3. The molecule has 3 unspecified atom stereocenters. The van der Waals surface area contributed by atoms with E-state index in [0.717, 1.165) is 0 Å². The first kappa shape index (κ1) is 13.9. The van der Waals surface area contributed by atoms with Gasteiger partial charge in [0.2, 0.25) is 0 Å². The lowest BCUT2D eigenvalue weighted by Gasteiger charge is -2.30. The van der Waals surface area contributed by atoms with E-state index in [1.165, 1.54) is 37.1 Å². The molecule has 1 fully saturated rings. The van der Waals surface area contributed by atoms with E-state index in [4.69, 9.17) is 0 Å². The maximum atomic E-state index is 4.37. The molecule has 0 amide bonds. The average Bonchev–Trinajstić information content (AvgIpc) is 2.85. The molecule has 0 radical (unpaired) electrons. The highest BCUT2D eigenvalue weighted by atomic mass is 32.2. The highest BCUT2D eigenvalue weighted by molar-refractivity contribution is 7.98. The molecule has 0 spiro atoms. The number of thioether (sulfide) groups is 1. The largest absolute Gasteiger partial charge is 0.330 e. The Morgan fingerprint density at radius 3 is 3.11 bits per heavy atom. The molecular weight excluding hydrogens is 242 g/mol. The van der Waals surface area contributed by atoms with E-state index in [0.29, 0.717) is 18.1 Å². The van der Waals surface area contributed by atoms with Gasteiger partial charge in [-0.15, -0.1) is 0 Å². The molecule has 102 valence electrons. The van der Waals surface area contributed by atoms with Crippen molar-refractivity contribution < 1.29 is 0 Å². The minimum Gasteiger partial charge on any atom is -0.330 e. The molecule has 0 bridgehead atoms. The average molecular weight is 267 g/mol. The molecule has 0 saturated carbocycles. The van der Waals surface area contributed by atoms with Gasteiger partial charge in [0.05, 0.1) is 12.0 Å². The molecule has 3 atom stereocenters. The van der Waals surface area contributed by atoms with Gasteiger partial charge in [-0.25, -0.2) is 4.98 Å². The van der Waals surface area contributed by atoms with Gasteiger partial charge in [0.15, 0.2) is 0 Å². The first-order chi connectivity index (χ1) is 8.72. The van der Waals surface area contributed by atoms with E-state index in [9.17, 15) is 0 Å². The summed E-state index contributed by atoms with van der Waals surface area (Å²) in [7, 11) is 0. The van der Waals surface area contributed by atoms with Crippen LogP contribution in [0.3, 0.4) is 0 Å². The Kier molecular flexibility index (Phi) is 5.13. The summed E-state index contributed by atoms with van der Waals surface area (Å²) < 4.78 is 2.37. The van der Waals surface area contributed by atoms with Crippen LogP contribution in [0.1, 0.15) is 57.3 Å². The lowest BCUT2D eigenvalue weighted by Crippen LogP contribution is -2.35. The van der Waals surface area contributed by atoms with Crippen molar-refractivity contribution in [2.75, 3.05) is 12.0 Å². The summed E-state index contributed by atoms with van der Waals surface area (Å²) in [5.74, 6) is 1.22. The molecule has 1 aromatic rings. The maximum Gasteiger partial charge on any atom is 0.0951 e. The van der Waals surface area contributed by atoms with Crippen LogP contribution >= 0.6 is 11.8 Å². The van der Waals surface area contributed by atoms with Crippen LogP contribution in [0.2, 0.25) is 0 Å². The number of piperidine rings is 1. The predicted octanol–water partition coefficient (Wildman–Crippen LogP) is 3.40. The van der Waals surface area contributed by atoms with Crippen molar-refractivity contribution >= 4 is 11.8 Å². The van der Waals surface area contributed by atoms with Gasteiger partial charge >= 0.3 is 0 Å². The highest BCUT2D eigenvalue weighted by Crippen LogP contribution is 2.27. The van der Waals surface area contributed by atoms with Crippen molar-refractivity contribution in [1.29, 1.82) is 0 Å². The molecule has 2 rings (SSSR count). The van der Waals surface area contributed by atoms with Gasteiger partial charge in [0, 0.05) is 24.3 Å². The molecule has 1 saturated heterocycles. The number of imidazole rings is 1. The lowest BCUT2D eigenvalue weighted by molar-refractivity contribution is 0.323. The summed E-state index contributed by atoms with van der Waals surface area (Å²) in [6.45, 7) is 4.58. The third-order valence-corrected chi connectivity index (χ3v) is 4.53. The second kappa shape index (κ2) is 6.62. The van der Waals surface area contributed by atoms with E-state index in [-0.39, 0.29) is 0 Å². The van der Waals surface area contributed by atoms with Crippen LogP contribution in [0.25, 0.3) is 0 Å². The third kappa shape index (κ3) is 3.29. The SMILES string of the molecule is CSCCC(C)n1cncc1C1CCCC(C)N1. The fourth-order valence-corrected chi connectivity index (χ4v) is 3.33. The van der Waals surface area contributed by atoms with Gasteiger partial charge in [0.1, 0.15) is 0 Å². The fraction of sp³-hybridized carbons (Fsp3) is 0.786. The minimum absolute atomic E-state index is 0.493. The van der Waals surface area contributed by atoms with Crippen LogP contribution in [-0.2, 0) is 0 Å². The molecule has 4 heteroatoms. The zero-order valence-corrected chi connectivity index (χ0v) is 12.5. The first-order valence-corrected chi connectivity index (χ1v) is 8.38. The van der Waals surface area contributed by atoms with Crippen molar-refractivity contribution in [2.24, 2.45) is 0 Å². The van der Waals surface area contributed by atoms with Crippen molar-refractivity contribution in [2.45, 2.75) is 57.7 Å². The number of rotatable bonds is 5. The van der Waals surface area contributed by atoms with E-state index in [1.807, 2.05) is 24.3 Å². The van der Waals surface area contributed by atoms with Gasteiger partial charge in [-0.2, -0.15) is 11.8 Å². The van der Waals surface area contributed by atoms with E-state index in [1.54, 1.807) is 0 Å². The topological polar surface area (TPSA) is 29.9 Å². The van der Waals surface area contributed by atoms with Crippen molar-refractivity contribution in [1.82, 2.24) is 14.9 Å². The zero-order valence-electron chi connectivity index (χ0n) is 11.7. The van der Waals surface area contributed by atoms with Crippen molar-refractivity contribution in [3.63, 3.8) is 0 Å². The summed E-state index contributed by atoms with van der Waals surface area (Å²) in [5, 5.41) is 3.70. The Labute approximate surface area is 115 Å². The molecule has 1 aromatic heterocycles. The van der Waals surface area contributed by atoms with Crippen molar-refractivity contribution in [3.8, 4) is 0 Å². The zero-order chi connectivity index (χ0) is 13.0. The second-order valence-electron chi connectivity index (χ2n) is 5.41. The number of hydrogen-bond acceptors (Lipinski definition) is 3. The first-order valence-electron chi connectivity index (χ1n) is 6.99. The Bertz CT molecular complexity index is 364. The van der Waals surface area contributed by atoms with E-state index >= 15 is 0 Å². The molecular formula is C14H25N3S. The van der Waals surface area contributed by atoms with Gasteiger partial charge in [-0.05, 0) is 51.5 Å². The van der Waals surface area contributed by atoms with Gasteiger partial charge in [0.25, 0.3) is 0 Å². The molecule has 0 aliphatic carbocycles. The van der Waals surface area contributed by atoms with Crippen LogP contribution in [0.4, 0.5) is 0 Å². The van der Waals surface area contributed by atoms with Gasteiger partial charge in [-0.1, -0.05) is 0 Å². The minimum atomic E-state index is 0.493.